The molecule has 0 spiro atoms. The molecule has 92 valence electrons. The second-order valence-electron chi connectivity index (χ2n) is 5.35. The van der Waals surface area contributed by atoms with Crippen molar-refractivity contribution in [2.75, 3.05) is 0 Å². The summed E-state index contributed by atoms with van der Waals surface area (Å²) in [7, 11) is 0. The van der Waals surface area contributed by atoms with Crippen LogP contribution in [0.3, 0.4) is 0 Å². The average molecular weight is 253 g/mol. The summed E-state index contributed by atoms with van der Waals surface area (Å²) in [6.45, 7) is 2.85. The Kier molecular flexibility index (Phi) is 2.74. The van der Waals surface area contributed by atoms with Gasteiger partial charge in [-0.05, 0) is 37.5 Å². The van der Waals surface area contributed by atoms with Crippen molar-refractivity contribution in [1.29, 1.82) is 0 Å². The Labute approximate surface area is 106 Å². The summed E-state index contributed by atoms with van der Waals surface area (Å²) < 4.78 is 1.77. The van der Waals surface area contributed by atoms with E-state index in [1.54, 1.807) is 10.9 Å². The highest BCUT2D eigenvalue weighted by atomic mass is 35.5. The zero-order valence-electron chi connectivity index (χ0n) is 10.0. The molecule has 2 fully saturated rings. The summed E-state index contributed by atoms with van der Waals surface area (Å²) in [5, 5.41) is 4.71. The van der Waals surface area contributed by atoms with Crippen LogP contribution in [-0.4, -0.2) is 15.6 Å². The van der Waals surface area contributed by atoms with E-state index in [4.69, 9.17) is 11.6 Å². The minimum absolute atomic E-state index is 0.198. The number of ketones is 1. The van der Waals surface area contributed by atoms with Gasteiger partial charge in [0.05, 0.1) is 11.2 Å². The van der Waals surface area contributed by atoms with Crippen LogP contribution < -0.4 is 0 Å². The highest BCUT2D eigenvalue weighted by Gasteiger charge is 2.48. The van der Waals surface area contributed by atoms with E-state index in [1.165, 1.54) is 6.42 Å². The van der Waals surface area contributed by atoms with E-state index >= 15 is 0 Å². The minimum atomic E-state index is 0.198. The predicted octanol–water partition coefficient (Wildman–Crippen LogP) is 3.18. The van der Waals surface area contributed by atoms with Crippen molar-refractivity contribution in [1.82, 2.24) is 9.78 Å². The molecule has 1 aromatic rings. The van der Waals surface area contributed by atoms with Crippen LogP contribution in [-0.2, 0) is 6.54 Å². The summed E-state index contributed by atoms with van der Waals surface area (Å²) in [6.07, 6.45) is 6.04. The second-order valence-corrected chi connectivity index (χ2v) is 5.76. The van der Waals surface area contributed by atoms with Crippen LogP contribution >= 0.6 is 11.6 Å². The fourth-order valence-electron chi connectivity index (χ4n) is 3.11. The molecule has 17 heavy (non-hydrogen) atoms. The van der Waals surface area contributed by atoms with Crippen molar-refractivity contribution >= 4 is 17.4 Å². The first-order chi connectivity index (χ1) is 8.20. The maximum atomic E-state index is 12.4. The maximum Gasteiger partial charge on any atom is 0.185 e. The first kappa shape index (κ1) is 11.3. The number of halogens is 1. The molecule has 0 aliphatic heterocycles. The van der Waals surface area contributed by atoms with E-state index < -0.39 is 0 Å². The lowest BCUT2D eigenvalue weighted by Gasteiger charge is -2.12. The highest BCUT2D eigenvalue weighted by molar-refractivity contribution is 6.33. The van der Waals surface area contributed by atoms with Crippen LogP contribution in [0.1, 0.15) is 43.1 Å². The second kappa shape index (κ2) is 4.13. The zero-order valence-corrected chi connectivity index (χ0v) is 10.8. The molecule has 3 rings (SSSR count). The van der Waals surface area contributed by atoms with Crippen LogP contribution in [0.2, 0.25) is 5.02 Å². The molecule has 1 aromatic heterocycles. The van der Waals surface area contributed by atoms with Crippen LogP contribution in [0.4, 0.5) is 0 Å². The molecule has 2 aliphatic carbocycles. The van der Waals surface area contributed by atoms with Crippen molar-refractivity contribution < 1.29 is 4.79 Å². The predicted molar refractivity (Wildman–Crippen MR) is 66.2 cm³/mol. The molecule has 4 heteroatoms. The summed E-state index contributed by atoms with van der Waals surface area (Å²) in [4.78, 5) is 12.4. The Bertz CT molecular complexity index is 444. The molecule has 2 unspecified atom stereocenters. The molecular weight excluding hydrogens is 236 g/mol. The van der Waals surface area contributed by atoms with Gasteiger partial charge < -0.3 is 0 Å². The molecule has 0 N–H and O–H groups in total. The smallest absolute Gasteiger partial charge is 0.185 e. The number of carbonyl (C=O) groups excluding carboxylic acids is 1. The Morgan fingerprint density at radius 2 is 2.18 bits per heavy atom. The van der Waals surface area contributed by atoms with Crippen molar-refractivity contribution in [2.24, 2.45) is 17.8 Å². The third-order valence-electron chi connectivity index (χ3n) is 4.08. The molecule has 3 nitrogen and oxygen atoms in total. The Morgan fingerprint density at radius 1 is 1.47 bits per heavy atom. The molecule has 1 heterocycles. The monoisotopic (exact) mass is 252 g/mol. The molecule has 0 bridgehead atoms. The van der Waals surface area contributed by atoms with Gasteiger partial charge in [0.15, 0.2) is 5.78 Å². The zero-order chi connectivity index (χ0) is 12.0. The standard InChI is InChI=1S/C13H17ClN2O/c1-2-3-16-12(11(14)7-15-16)13(17)10-5-8-4-9(8)6-10/h7-10H,2-6H2,1H3. The third kappa shape index (κ3) is 1.90. The normalized spacial score (nSPS) is 30.4. The Balaban J connectivity index is 1.82. The minimum Gasteiger partial charge on any atom is -0.292 e. The number of fused-ring (bicyclic) bond motifs is 1. The number of hydrogen-bond acceptors (Lipinski definition) is 2. The van der Waals surface area contributed by atoms with E-state index in [1.807, 2.05) is 0 Å². The van der Waals surface area contributed by atoms with E-state index in [0.29, 0.717) is 10.7 Å². The first-order valence-corrected chi connectivity index (χ1v) is 6.84. The highest BCUT2D eigenvalue weighted by Crippen LogP contribution is 2.55. The molecule has 2 atom stereocenters. The summed E-state index contributed by atoms with van der Waals surface area (Å²) in [6, 6.07) is 0. The van der Waals surface area contributed by atoms with Gasteiger partial charge in [0.2, 0.25) is 0 Å². The third-order valence-corrected chi connectivity index (χ3v) is 4.35. The number of aromatic nitrogens is 2. The van der Waals surface area contributed by atoms with Crippen molar-refractivity contribution in [3.8, 4) is 0 Å². The molecule has 0 aromatic carbocycles. The van der Waals surface area contributed by atoms with Gasteiger partial charge in [-0.1, -0.05) is 18.5 Å². The number of nitrogens with zero attached hydrogens (tertiary/aromatic N) is 2. The SMILES string of the molecule is CCCn1ncc(Cl)c1C(=O)C1CC2CC2C1. The lowest BCUT2D eigenvalue weighted by atomic mass is 9.96. The van der Waals surface area contributed by atoms with Crippen LogP contribution in [0, 0.1) is 17.8 Å². The lowest BCUT2D eigenvalue weighted by molar-refractivity contribution is 0.0903. The van der Waals surface area contributed by atoms with E-state index in [2.05, 4.69) is 12.0 Å². The maximum absolute atomic E-state index is 12.4. The number of hydrogen-bond donors (Lipinski definition) is 0. The average Bonchev–Trinajstić information content (AvgIpc) is 2.75. The number of Topliss-reactive ketones (excluding diaryl/α,β-unsaturated/α-hetero) is 1. The summed E-state index contributed by atoms with van der Waals surface area (Å²) >= 11 is 6.10. The number of carbonyl (C=O) groups is 1. The summed E-state index contributed by atoms with van der Waals surface area (Å²) in [5.74, 6) is 2.06. The van der Waals surface area contributed by atoms with Gasteiger partial charge in [-0.2, -0.15) is 5.10 Å². The molecule has 2 saturated carbocycles. The quantitative estimate of drug-likeness (QED) is 0.772. The van der Waals surface area contributed by atoms with Gasteiger partial charge in [0.1, 0.15) is 5.69 Å². The van der Waals surface area contributed by atoms with Gasteiger partial charge in [-0.3, -0.25) is 9.48 Å². The van der Waals surface area contributed by atoms with Crippen LogP contribution in [0.15, 0.2) is 6.20 Å². The van der Waals surface area contributed by atoms with Gasteiger partial charge in [0, 0.05) is 12.5 Å². The molecule has 0 amide bonds. The van der Waals surface area contributed by atoms with Gasteiger partial charge in [-0.15, -0.1) is 0 Å². The summed E-state index contributed by atoms with van der Waals surface area (Å²) in [5.41, 5.74) is 0.639. The first-order valence-electron chi connectivity index (χ1n) is 6.46. The molecule has 0 saturated heterocycles. The molecular formula is C13H17ClN2O. The van der Waals surface area contributed by atoms with Crippen molar-refractivity contribution in [2.45, 2.75) is 39.2 Å². The molecule has 2 aliphatic rings. The van der Waals surface area contributed by atoms with E-state index in [9.17, 15) is 4.79 Å². The lowest BCUT2D eigenvalue weighted by Crippen LogP contribution is -2.18. The Morgan fingerprint density at radius 3 is 2.82 bits per heavy atom. The van der Waals surface area contributed by atoms with Crippen LogP contribution in [0.5, 0.6) is 0 Å². The van der Waals surface area contributed by atoms with E-state index in [0.717, 1.165) is 37.6 Å². The van der Waals surface area contributed by atoms with Gasteiger partial charge in [-0.25, -0.2) is 0 Å². The van der Waals surface area contributed by atoms with Crippen molar-refractivity contribution in [3.63, 3.8) is 0 Å². The fourth-order valence-corrected chi connectivity index (χ4v) is 3.35. The Hall–Kier alpha value is -0.830. The van der Waals surface area contributed by atoms with Gasteiger partial charge >= 0.3 is 0 Å². The van der Waals surface area contributed by atoms with Gasteiger partial charge in [0.25, 0.3) is 0 Å². The number of rotatable bonds is 4. The fraction of sp³-hybridized carbons (Fsp3) is 0.692. The topological polar surface area (TPSA) is 34.9 Å². The van der Waals surface area contributed by atoms with E-state index in [-0.39, 0.29) is 11.7 Å². The van der Waals surface area contributed by atoms with Crippen LogP contribution in [0.25, 0.3) is 0 Å². The molecule has 0 radical (unpaired) electrons. The van der Waals surface area contributed by atoms with Crippen molar-refractivity contribution in [3.05, 3.63) is 16.9 Å². The number of aryl methyl sites for hydroxylation is 1. The largest absolute Gasteiger partial charge is 0.292 e.